The average molecular weight is 1730 g/mol. The number of carbonyl (C=O) groups excluding carboxylic acids is 4. The number of carbonyl (C=O) groups is 5. The summed E-state index contributed by atoms with van der Waals surface area (Å²) in [5, 5.41) is 53.2. The smallest absolute Gasteiger partial charge is 0.870 e. The van der Waals surface area contributed by atoms with Gasteiger partial charge in [0.15, 0.2) is 28.2 Å². The molecular weight excluding hydrogens is 1630 g/mol. The first kappa shape index (κ1) is 105. The molecule has 3 aromatic carbocycles. The van der Waals surface area contributed by atoms with Crippen molar-refractivity contribution < 1.29 is 78.3 Å². The van der Waals surface area contributed by atoms with Crippen molar-refractivity contribution in [2.24, 2.45) is 22.5 Å². The van der Waals surface area contributed by atoms with E-state index in [-0.39, 0.29) is 124 Å². The van der Waals surface area contributed by atoms with E-state index >= 15 is 0 Å². The number of aromatic amines is 2. The number of hydrogen-bond acceptors (Lipinski definition) is 26. The largest absolute Gasteiger partial charge is 1.00 e. The number of fused-ring (bicyclic) bond motifs is 5. The van der Waals surface area contributed by atoms with Crippen molar-refractivity contribution in [3.8, 4) is 0 Å². The van der Waals surface area contributed by atoms with Crippen LogP contribution >= 0.6 is 63.7 Å². The summed E-state index contributed by atoms with van der Waals surface area (Å²) in [6, 6.07) is 41.1. The van der Waals surface area contributed by atoms with Gasteiger partial charge in [-0.25, -0.2) is 52.8 Å². The molecule has 632 valence electrons. The minimum atomic E-state index is -0.921. The van der Waals surface area contributed by atoms with Crippen LogP contribution in [0, 0.1) is 40.5 Å². The van der Waals surface area contributed by atoms with Gasteiger partial charge in [0.2, 0.25) is 0 Å². The number of aromatic carboxylic acids is 1. The first-order valence-corrected chi connectivity index (χ1v) is 35.7. The predicted octanol–water partition coefficient (Wildman–Crippen LogP) is 8.12. The molecule has 15 rings (SSSR count). The van der Waals surface area contributed by atoms with Gasteiger partial charge in [-0.05, 0) is 153 Å². The van der Waals surface area contributed by atoms with Crippen LogP contribution in [0.3, 0.4) is 0 Å². The number of anilines is 3. The average Bonchev–Trinajstić information content (AvgIpc) is 1.56. The Morgan fingerprint density at radius 3 is 1.29 bits per heavy atom. The van der Waals surface area contributed by atoms with Gasteiger partial charge in [0.05, 0.1) is 68.5 Å². The molecule has 1 saturated carbocycles. The number of aryl methyl sites for hydroxylation is 5. The number of aromatic nitrogens is 17. The van der Waals surface area contributed by atoms with E-state index in [1.54, 1.807) is 130 Å². The van der Waals surface area contributed by atoms with Gasteiger partial charge >= 0.3 is 42.7 Å². The number of Topliss-reactive ketones (excluding diaryl/α,β-unsaturated/α-hetero) is 1. The van der Waals surface area contributed by atoms with Crippen LogP contribution in [0.5, 0.6) is 0 Å². The Bertz CT molecular complexity index is 5480. The molecule has 11 heterocycles. The summed E-state index contributed by atoms with van der Waals surface area (Å²) in [6.07, 6.45) is 12.2. The van der Waals surface area contributed by atoms with Crippen LogP contribution in [0.4, 0.5) is 17.5 Å². The van der Waals surface area contributed by atoms with E-state index in [1.165, 1.54) is 31.7 Å². The number of rotatable bonds is 14. The van der Waals surface area contributed by atoms with E-state index in [2.05, 4.69) is 92.8 Å². The molecule has 0 amide bonds. The number of H-pyrrole nitrogens is 2. The van der Waals surface area contributed by atoms with Crippen molar-refractivity contribution in [2.75, 3.05) is 37.2 Å². The van der Waals surface area contributed by atoms with Crippen molar-refractivity contribution >= 4 is 145 Å². The Kier molecular flexibility index (Phi) is 45.9. The fraction of sp³-hybridized carbons (Fsp3) is 0.260. The van der Waals surface area contributed by atoms with Gasteiger partial charge in [0.25, 0.3) is 5.56 Å². The molecule has 1 aliphatic carbocycles. The summed E-state index contributed by atoms with van der Waals surface area (Å²) in [6.45, 7) is 18.9. The van der Waals surface area contributed by atoms with E-state index in [9.17, 15) is 28.8 Å². The molecule has 15 N–H and O–H groups in total. The summed E-state index contributed by atoms with van der Waals surface area (Å²) in [5.74, 6) is 0.939. The number of oxime groups is 1. The van der Waals surface area contributed by atoms with Crippen LogP contribution in [-0.2, 0) is 23.8 Å². The third-order valence-electron chi connectivity index (χ3n) is 15.8. The Labute approximate surface area is 727 Å². The molecular formula is C77H98Cl2LiN23O13S3. The fourth-order valence-electron chi connectivity index (χ4n) is 10.0. The standard InChI is InChI=1S/C17H18N4O2.C16H16N4O2.C10H13NO2.2C7H6ClN3.C7H7N3O.C6H10O3.C4H8N2O.C3H5N3.Li.2H2O.3H2S/c1-11-10-16(21-15(19-11)8-9-18-21)20-12(2)13-4-6-14(7-5-13)17(22)23-3;1-10-9-15(20-14(18-10)7-8-17-20)19-11(2)12-3-5-13(6-4-12)16(21)22;1-7(11)8-3-5-9(6-4-8)10(12)13-2;2*1-5-4-6(8)11-7(10-5)2-3-9-11;1-5-4-7(11)10-6(9-5)2-3-8-10;1-3-9-6(8)4-5(2)7;5-4(6-7)3-1-2-3;4-3-1-2-5-6-3;;;;;;/h4-10,12,20H,1-3H3;3-9,11,19H,1-2H3,(H,21,22);3-7H,11H2,1-2H3;2*2-4H,1H3;2-4,8H,1H3;3-4H2,1-2H3;3,7H,1-2H2,(H2,5,6);1-2H,(H3,4,5,6);;5*1H2/q;;;;;;;;;+1;;;;;/p-1/t12-;11-;7-;;;;;;;;;;;;/m000............/s1. The fourth-order valence-corrected chi connectivity index (χ4v) is 10.6. The van der Waals surface area contributed by atoms with Crippen molar-refractivity contribution in [1.82, 2.24) is 83.2 Å². The van der Waals surface area contributed by atoms with E-state index in [0.717, 1.165) is 92.2 Å². The van der Waals surface area contributed by atoms with Crippen LogP contribution in [0.25, 0.3) is 28.2 Å². The van der Waals surface area contributed by atoms with Crippen LogP contribution in [0.1, 0.15) is 148 Å². The zero-order chi connectivity index (χ0) is 82.4. The first-order chi connectivity index (χ1) is 54.0. The maximum atomic E-state index is 11.5. The molecule has 11 aromatic heterocycles. The Morgan fingerprint density at radius 1 is 0.580 bits per heavy atom. The molecule has 0 bridgehead atoms. The Balaban J connectivity index is 0.000000686. The molecule has 42 heteroatoms. The second-order valence-corrected chi connectivity index (χ2v) is 25.7. The predicted molar refractivity (Wildman–Crippen MR) is 465 cm³/mol. The van der Waals surface area contributed by atoms with Gasteiger partial charge in [-0.2, -0.15) is 75.0 Å². The minimum absolute atomic E-state index is 0. The van der Waals surface area contributed by atoms with E-state index in [4.69, 9.17) is 55.5 Å². The molecule has 0 saturated heterocycles. The third-order valence-corrected chi connectivity index (χ3v) is 16.3. The molecule has 119 heavy (non-hydrogen) atoms. The molecule has 0 spiro atoms. The number of ether oxygens (including phenoxy) is 3. The maximum absolute atomic E-state index is 11.5. The van der Waals surface area contributed by atoms with Gasteiger partial charge < -0.3 is 63.3 Å². The van der Waals surface area contributed by atoms with Crippen molar-refractivity contribution in [3.05, 3.63) is 259 Å². The summed E-state index contributed by atoms with van der Waals surface area (Å²) in [5.41, 5.74) is 28.6. The van der Waals surface area contributed by atoms with Gasteiger partial charge in [0, 0.05) is 107 Å². The number of hydrogen-bond donors (Lipinski definition) is 9. The zero-order valence-electron chi connectivity index (χ0n) is 67.5. The van der Waals surface area contributed by atoms with Crippen LogP contribution in [0.2, 0.25) is 10.3 Å². The van der Waals surface area contributed by atoms with Gasteiger partial charge in [-0.15, -0.1) is 0 Å². The SMILES string of the molecule is CCOC(=O)CC(C)=O.COC(=O)c1ccc([C@H](C)N)cc1.COC(=O)c1ccc([C@H](C)Nc2cc(C)nc3ccnn23)cc1.Cc1cc(=O)n2[nH]ccc2n1.Cc1cc(Cl)n2nccc2n1.Cc1cc(Cl)n2nccc2n1.Cc1cc(N[C@@H](C)c2ccc(C(=O)O)cc2)n2nccc2n1.N/C(=N\O)C1CC1.Nc1ccn[nH]1.O.S.S.S.[Li+].[OH-]. The Hall–Kier alpha value is -11.9. The van der Waals surface area contributed by atoms with Crippen LogP contribution < -0.4 is 52.3 Å². The number of carboxylic acid groups (broad SMARTS) is 1. The minimum Gasteiger partial charge on any atom is -0.870 e. The topological polar surface area (TPSA) is 529 Å². The number of esters is 3. The third kappa shape index (κ3) is 32.8. The number of nitrogens with one attached hydrogen (secondary N) is 4. The number of nitrogen functional groups attached to an aromatic ring is 1. The number of carboxylic acids is 1. The monoisotopic (exact) mass is 1730 g/mol. The number of methoxy groups -OCH3 is 2. The molecule has 14 aromatic rings. The summed E-state index contributed by atoms with van der Waals surface area (Å²) >= 11 is 11.7. The van der Waals surface area contributed by atoms with E-state index in [0.29, 0.717) is 51.3 Å². The second-order valence-electron chi connectivity index (χ2n) is 25.0. The zero-order valence-corrected chi connectivity index (χ0v) is 72.1. The number of nitrogens with zero attached hydrogens (tertiary/aromatic N) is 16. The summed E-state index contributed by atoms with van der Waals surface area (Å²) in [4.78, 5) is 86.6. The van der Waals surface area contributed by atoms with Gasteiger partial charge in [0.1, 0.15) is 45.8 Å². The van der Waals surface area contributed by atoms with Crippen LogP contribution in [0.15, 0.2) is 187 Å². The normalized spacial score (nSPS) is 11.3. The number of nitrogens with two attached hydrogens (primary N) is 3. The molecule has 0 radical (unpaired) electrons. The van der Waals surface area contributed by atoms with E-state index in [1.807, 2.05) is 114 Å². The number of amidine groups is 1. The molecule has 1 fully saturated rings. The van der Waals surface area contributed by atoms with Crippen molar-refractivity contribution in [1.29, 1.82) is 0 Å². The number of benzene rings is 3. The molecule has 0 aliphatic heterocycles. The number of halogens is 2. The van der Waals surface area contributed by atoms with E-state index < -0.39 is 11.9 Å². The van der Waals surface area contributed by atoms with Gasteiger partial charge in [-0.1, -0.05) is 64.8 Å². The summed E-state index contributed by atoms with van der Waals surface area (Å²) < 4.78 is 21.9. The van der Waals surface area contributed by atoms with Gasteiger partial charge in [-0.3, -0.25) is 24.6 Å². The molecule has 36 nitrogen and oxygen atoms in total. The van der Waals surface area contributed by atoms with Crippen LogP contribution in [-0.4, -0.2) is 161 Å². The molecule has 1 aliphatic rings. The Morgan fingerprint density at radius 2 is 0.958 bits per heavy atom. The number of ketones is 1. The van der Waals surface area contributed by atoms with Crippen molar-refractivity contribution in [3.63, 3.8) is 0 Å². The second kappa shape index (κ2) is 52.0. The summed E-state index contributed by atoms with van der Waals surface area (Å²) in [7, 11) is 2.74. The van der Waals surface area contributed by atoms with Crippen molar-refractivity contribution in [2.45, 2.75) is 107 Å². The molecule has 3 atom stereocenters. The quantitative estimate of drug-likeness (QED) is 0.00571. The molecule has 0 unspecified atom stereocenters. The first-order valence-electron chi connectivity index (χ1n) is 35.0. The maximum Gasteiger partial charge on any atom is 1.00 e.